The van der Waals surface area contributed by atoms with Gasteiger partial charge in [0.2, 0.25) is 0 Å². The van der Waals surface area contributed by atoms with E-state index in [1.807, 2.05) is 0 Å². The monoisotopic (exact) mass is 385 g/mol. The lowest BCUT2D eigenvalue weighted by atomic mass is 10.2. The zero-order valence-electron chi connectivity index (χ0n) is 14.4. The molecule has 0 fully saturated rings. The van der Waals surface area contributed by atoms with Crippen molar-refractivity contribution in [1.82, 2.24) is 9.55 Å². The molecule has 0 saturated heterocycles. The lowest BCUT2D eigenvalue weighted by Crippen LogP contribution is -2.20. The van der Waals surface area contributed by atoms with Gasteiger partial charge in [0.15, 0.2) is 0 Å². The molecule has 27 heavy (non-hydrogen) atoms. The van der Waals surface area contributed by atoms with E-state index >= 15 is 0 Å². The number of aryl methyl sites for hydroxylation is 2. The molecule has 138 valence electrons. The van der Waals surface area contributed by atoms with Crippen LogP contribution in [0.15, 0.2) is 29.1 Å². The molecule has 1 aromatic carbocycles. The molecule has 4 rings (SSSR count). The number of carbonyl (C=O) groups excluding carboxylic acids is 1. The number of nitro groups is 1. The molecule has 0 bridgehead atoms. The largest absolute Gasteiger partial charge is 0.457 e. The molecule has 3 heterocycles. The fourth-order valence-corrected chi connectivity index (χ4v) is 4.28. The first-order chi connectivity index (χ1) is 13.0. The molecular weight excluding hydrogens is 370 g/mol. The van der Waals surface area contributed by atoms with Crippen molar-refractivity contribution in [3.63, 3.8) is 0 Å². The highest BCUT2D eigenvalue weighted by Gasteiger charge is 2.24. The summed E-state index contributed by atoms with van der Waals surface area (Å²) in [5.74, 6) is 0.234. The number of esters is 1. The number of ether oxygens (including phenoxy) is 1. The lowest BCUT2D eigenvalue weighted by molar-refractivity contribution is -0.384. The molecule has 0 atom stereocenters. The first-order valence-corrected chi connectivity index (χ1v) is 9.20. The number of thiophene rings is 1. The second kappa shape index (κ2) is 6.58. The van der Waals surface area contributed by atoms with E-state index in [1.165, 1.54) is 23.5 Å². The van der Waals surface area contributed by atoms with Gasteiger partial charge < -0.3 is 4.74 Å². The van der Waals surface area contributed by atoms with E-state index in [-0.39, 0.29) is 17.9 Å². The van der Waals surface area contributed by atoms with Gasteiger partial charge >= 0.3 is 5.97 Å². The Balaban J connectivity index is 1.58. The normalized spacial score (nSPS) is 12.9. The third-order valence-electron chi connectivity index (χ3n) is 4.61. The van der Waals surface area contributed by atoms with Gasteiger partial charge in [-0.25, -0.2) is 9.78 Å². The van der Waals surface area contributed by atoms with Gasteiger partial charge in [-0.15, -0.1) is 11.3 Å². The molecule has 9 heteroatoms. The van der Waals surface area contributed by atoms with Crippen LogP contribution >= 0.6 is 11.3 Å². The maximum atomic E-state index is 12.7. The molecule has 3 aromatic rings. The number of carbonyl (C=O) groups is 1. The number of rotatable bonds is 4. The number of benzene rings is 1. The van der Waals surface area contributed by atoms with E-state index in [0.29, 0.717) is 32.8 Å². The van der Waals surface area contributed by atoms with Crippen LogP contribution in [0.25, 0.3) is 10.2 Å². The van der Waals surface area contributed by atoms with Crippen LogP contribution in [-0.4, -0.2) is 20.4 Å². The van der Waals surface area contributed by atoms with Crippen molar-refractivity contribution in [3.05, 3.63) is 66.6 Å². The molecule has 1 aliphatic heterocycles. The SMILES string of the molecule is Cc1c(C(=O)OCc2ccc([N+](=O)[O-])cc2)sc2nc3n(c(=O)c12)CCC3. The molecule has 0 aliphatic carbocycles. The molecule has 0 radical (unpaired) electrons. The molecule has 0 N–H and O–H groups in total. The average Bonchev–Trinajstić information content (AvgIpc) is 3.25. The van der Waals surface area contributed by atoms with Gasteiger partial charge in [-0.2, -0.15) is 0 Å². The summed E-state index contributed by atoms with van der Waals surface area (Å²) >= 11 is 1.17. The number of aromatic nitrogens is 2. The highest BCUT2D eigenvalue weighted by atomic mass is 32.1. The summed E-state index contributed by atoms with van der Waals surface area (Å²) in [5.41, 5.74) is 1.11. The van der Waals surface area contributed by atoms with Gasteiger partial charge in [-0.1, -0.05) is 0 Å². The molecule has 1 aliphatic rings. The number of nitrogens with zero attached hydrogens (tertiary/aromatic N) is 3. The topological polar surface area (TPSA) is 104 Å². The Morgan fingerprint density at radius 3 is 2.81 bits per heavy atom. The Bertz CT molecular complexity index is 1130. The van der Waals surface area contributed by atoms with Crippen molar-refractivity contribution in [2.24, 2.45) is 0 Å². The molecule has 0 unspecified atom stereocenters. The van der Waals surface area contributed by atoms with Crippen molar-refractivity contribution in [3.8, 4) is 0 Å². The van der Waals surface area contributed by atoms with Gasteiger partial charge in [-0.3, -0.25) is 19.5 Å². The summed E-state index contributed by atoms with van der Waals surface area (Å²) in [6.45, 7) is 2.38. The van der Waals surface area contributed by atoms with Crippen LogP contribution in [0.3, 0.4) is 0 Å². The predicted molar refractivity (Wildman–Crippen MR) is 99.2 cm³/mol. The summed E-state index contributed by atoms with van der Waals surface area (Å²) in [4.78, 5) is 40.8. The van der Waals surface area contributed by atoms with E-state index in [4.69, 9.17) is 4.74 Å². The van der Waals surface area contributed by atoms with Gasteiger partial charge in [-0.05, 0) is 36.6 Å². The number of hydrogen-bond donors (Lipinski definition) is 0. The Hall–Kier alpha value is -3.07. The fourth-order valence-electron chi connectivity index (χ4n) is 3.20. The van der Waals surface area contributed by atoms with Crippen LogP contribution in [0, 0.1) is 17.0 Å². The van der Waals surface area contributed by atoms with Gasteiger partial charge in [0.05, 0.1) is 10.3 Å². The Morgan fingerprint density at radius 1 is 1.37 bits per heavy atom. The van der Waals surface area contributed by atoms with Crippen LogP contribution < -0.4 is 5.56 Å². The van der Waals surface area contributed by atoms with Crippen LogP contribution in [0.4, 0.5) is 5.69 Å². The number of hydrogen-bond acceptors (Lipinski definition) is 7. The predicted octanol–water partition coefficient (Wildman–Crippen LogP) is 2.98. The van der Waals surface area contributed by atoms with Crippen LogP contribution in [-0.2, 0) is 24.3 Å². The van der Waals surface area contributed by atoms with Crippen molar-refractivity contribution >= 4 is 33.2 Å². The van der Waals surface area contributed by atoms with E-state index in [0.717, 1.165) is 18.7 Å². The number of non-ortho nitro benzene ring substituents is 1. The highest BCUT2D eigenvalue weighted by molar-refractivity contribution is 7.20. The van der Waals surface area contributed by atoms with Crippen molar-refractivity contribution in [1.29, 1.82) is 0 Å². The zero-order chi connectivity index (χ0) is 19.1. The van der Waals surface area contributed by atoms with Gasteiger partial charge in [0.1, 0.15) is 22.1 Å². The van der Waals surface area contributed by atoms with Crippen LogP contribution in [0.5, 0.6) is 0 Å². The Kier molecular flexibility index (Phi) is 4.23. The third-order valence-corrected chi connectivity index (χ3v) is 5.78. The lowest BCUT2D eigenvalue weighted by Gasteiger charge is -2.04. The fraction of sp³-hybridized carbons (Fsp3) is 0.278. The second-order valence-electron chi connectivity index (χ2n) is 6.32. The maximum Gasteiger partial charge on any atom is 0.349 e. The highest BCUT2D eigenvalue weighted by Crippen LogP contribution is 2.29. The zero-order valence-corrected chi connectivity index (χ0v) is 15.2. The van der Waals surface area contributed by atoms with Gasteiger partial charge in [0, 0.05) is 25.1 Å². The standard InChI is InChI=1S/C18H15N3O5S/c1-10-14-16(19-13-3-2-8-20(13)17(14)22)27-15(10)18(23)26-9-11-4-6-12(7-5-11)21(24)25/h4-7H,2-3,8-9H2,1H3. The quantitative estimate of drug-likeness (QED) is 0.388. The minimum Gasteiger partial charge on any atom is -0.457 e. The van der Waals surface area contributed by atoms with Crippen molar-refractivity contribution < 1.29 is 14.5 Å². The summed E-state index contributed by atoms with van der Waals surface area (Å²) < 4.78 is 7.01. The minimum atomic E-state index is -0.529. The average molecular weight is 385 g/mol. The molecular formula is C18H15N3O5S. The van der Waals surface area contributed by atoms with Crippen molar-refractivity contribution in [2.75, 3.05) is 0 Å². The molecule has 0 saturated carbocycles. The molecule has 0 spiro atoms. The first kappa shape index (κ1) is 17.3. The minimum absolute atomic E-state index is 0.00652. The molecule has 8 nitrogen and oxygen atoms in total. The van der Waals surface area contributed by atoms with Gasteiger partial charge in [0.25, 0.3) is 11.2 Å². The second-order valence-corrected chi connectivity index (χ2v) is 7.32. The maximum absolute atomic E-state index is 12.7. The molecule has 0 amide bonds. The number of nitro benzene ring substituents is 1. The summed E-state index contributed by atoms with van der Waals surface area (Å²) in [5, 5.41) is 11.2. The van der Waals surface area contributed by atoms with Crippen LogP contribution in [0.1, 0.15) is 33.0 Å². The molecule has 2 aromatic heterocycles. The van der Waals surface area contributed by atoms with E-state index in [9.17, 15) is 19.7 Å². The Labute approximate surface area is 157 Å². The summed E-state index contributed by atoms with van der Waals surface area (Å²) in [6.07, 6.45) is 1.67. The van der Waals surface area contributed by atoms with Crippen LogP contribution in [0.2, 0.25) is 0 Å². The number of fused-ring (bicyclic) bond motifs is 2. The Morgan fingerprint density at radius 2 is 2.11 bits per heavy atom. The van der Waals surface area contributed by atoms with E-state index < -0.39 is 10.9 Å². The first-order valence-electron chi connectivity index (χ1n) is 8.39. The summed E-state index contributed by atoms with van der Waals surface area (Å²) in [7, 11) is 0. The van der Waals surface area contributed by atoms with Crippen molar-refractivity contribution in [2.45, 2.75) is 32.9 Å². The van der Waals surface area contributed by atoms with E-state index in [1.54, 1.807) is 23.6 Å². The van der Waals surface area contributed by atoms with E-state index in [2.05, 4.69) is 4.98 Å². The smallest absolute Gasteiger partial charge is 0.349 e. The summed E-state index contributed by atoms with van der Waals surface area (Å²) in [6, 6.07) is 5.81. The third kappa shape index (κ3) is 2.99.